The van der Waals surface area contributed by atoms with Gasteiger partial charge < -0.3 is 9.88 Å². The van der Waals surface area contributed by atoms with Crippen molar-refractivity contribution in [3.8, 4) is 0 Å². The number of allylic oxidation sites excluding steroid dienone is 2. The van der Waals surface area contributed by atoms with Crippen LogP contribution in [0.4, 0.5) is 0 Å². The highest BCUT2D eigenvalue weighted by atomic mass is 16.2. The smallest absolute Gasteiger partial charge is 0.258 e. The zero-order valence-electron chi connectivity index (χ0n) is 17.0. The second-order valence-corrected chi connectivity index (χ2v) is 8.66. The Labute approximate surface area is 160 Å². The van der Waals surface area contributed by atoms with Crippen LogP contribution in [0.1, 0.15) is 47.4 Å². The van der Waals surface area contributed by atoms with Gasteiger partial charge in [0.25, 0.3) is 5.56 Å². The standard InChI is InChI=1S/C22H29N3O2/c1-13(2)11-16-19(22(16,5)6)21(27)25(14(3)4)12-18-23-17-10-8-7-9-15(17)20(26)24-18/h7-11,14,16,19H,12H2,1-6H3,(H,23,24,26). The highest BCUT2D eigenvalue weighted by molar-refractivity contribution is 5.84. The van der Waals surface area contributed by atoms with Crippen LogP contribution >= 0.6 is 0 Å². The fourth-order valence-electron chi connectivity index (χ4n) is 3.88. The summed E-state index contributed by atoms with van der Waals surface area (Å²) in [5, 5.41) is 0.565. The number of nitrogens with one attached hydrogen (secondary N) is 1. The highest BCUT2D eigenvalue weighted by Gasteiger charge is 2.61. The summed E-state index contributed by atoms with van der Waals surface area (Å²) in [4.78, 5) is 34.9. The van der Waals surface area contributed by atoms with Gasteiger partial charge in [0.15, 0.2) is 0 Å². The van der Waals surface area contributed by atoms with Gasteiger partial charge in [0.05, 0.1) is 23.4 Å². The normalized spacial score (nSPS) is 20.6. The molecule has 1 aromatic carbocycles. The number of fused-ring (bicyclic) bond motifs is 1. The third kappa shape index (κ3) is 3.68. The van der Waals surface area contributed by atoms with Crippen LogP contribution in [0.15, 0.2) is 40.7 Å². The van der Waals surface area contributed by atoms with Crippen LogP contribution in [0, 0.1) is 17.3 Å². The summed E-state index contributed by atoms with van der Waals surface area (Å²) in [7, 11) is 0. The number of hydrogen-bond acceptors (Lipinski definition) is 3. The average molecular weight is 367 g/mol. The molecule has 1 aliphatic carbocycles. The summed E-state index contributed by atoms with van der Waals surface area (Å²) in [6, 6.07) is 7.29. The van der Waals surface area contributed by atoms with Crippen molar-refractivity contribution in [2.75, 3.05) is 0 Å². The number of H-pyrrole nitrogens is 1. The molecule has 27 heavy (non-hydrogen) atoms. The predicted octanol–water partition coefficient (Wildman–Crippen LogP) is 3.90. The Morgan fingerprint density at radius 3 is 2.59 bits per heavy atom. The summed E-state index contributed by atoms with van der Waals surface area (Å²) < 4.78 is 0. The van der Waals surface area contributed by atoms with Gasteiger partial charge in [-0.1, -0.05) is 37.6 Å². The van der Waals surface area contributed by atoms with Crippen molar-refractivity contribution in [1.82, 2.24) is 14.9 Å². The summed E-state index contributed by atoms with van der Waals surface area (Å²) in [5.74, 6) is 0.896. The number of rotatable bonds is 5. The quantitative estimate of drug-likeness (QED) is 0.815. The molecule has 144 valence electrons. The minimum Gasteiger partial charge on any atom is -0.333 e. The zero-order chi connectivity index (χ0) is 19.9. The van der Waals surface area contributed by atoms with Crippen molar-refractivity contribution in [3.05, 3.63) is 52.1 Å². The first-order valence-corrected chi connectivity index (χ1v) is 9.56. The number of carbonyl (C=O) groups is 1. The third-order valence-electron chi connectivity index (χ3n) is 5.58. The van der Waals surface area contributed by atoms with Gasteiger partial charge >= 0.3 is 0 Å². The lowest BCUT2D eigenvalue weighted by Crippen LogP contribution is -2.39. The number of carbonyl (C=O) groups excluding carboxylic acids is 1. The number of benzene rings is 1. The van der Waals surface area contributed by atoms with Gasteiger partial charge in [-0.05, 0) is 51.2 Å². The Morgan fingerprint density at radius 2 is 1.96 bits per heavy atom. The first-order valence-electron chi connectivity index (χ1n) is 9.56. The molecular formula is C22H29N3O2. The van der Waals surface area contributed by atoms with Crippen LogP contribution in [-0.4, -0.2) is 26.8 Å². The van der Waals surface area contributed by atoms with Crippen molar-refractivity contribution in [1.29, 1.82) is 0 Å². The second-order valence-electron chi connectivity index (χ2n) is 8.66. The van der Waals surface area contributed by atoms with E-state index in [0.717, 1.165) is 0 Å². The number of aromatic nitrogens is 2. The van der Waals surface area contributed by atoms with Gasteiger partial charge in [-0.15, -0.1) is 0 Å². The molecule has 1 aliphatic rings. The summed E-state index contributed by atoms with van der Waals surface area (Å²) in [6.07, 6.45) is 2.21. The molecule has 2 atom stereocenters. The second kappa shape index (κ2) is 6.95. The fraction of sp³-hybridized carbons (Fsp3) is 0.500. The lowest BCUT2D eigenvalue weighted by molar-refractivity contribution is -0.136. The molecule has 1 heterocycles. The number of amides is 1. The molecule has 1 aromatic heterocycles. The van der Waals surface area contributed by atoms with Crippen LogP contribution in [0.25, 0.3) is 10.9 Å². The highest BCUT2D eigenvalue weighted by Crippen LogP contribution is 2.60. The van der Waals surface area contributed by atoms with Crippen molar-refractivity contribution in [2.45, 2.75) is 54.1 Å². The lowest BCUT2D eigenvalue weighted by atomic mass is 10.1. The van der Waals surface area contributed by atoms with Crippen LogP contribution in [-0.2, 0) is 11.3 Å². The van der Waals surface area contributed by atoms with Crippen molar-refractivity contribution in [3.63, 3.8) is 0 Å². The zero-order valence-corrected chi connectivity index (χ0v) is 17.0. The van der Waals surface area contributed by atoms with Crippen molar-refractivity contribution < 1.29 is 4.79 Å². The molecule has 5 nitrogen and oxygen atoms in total. The number of hydrogen-bond donors (Lipinski definition) is 1. The first-order chi connectivity index (χ1) is 12.6. The van der Waals surface area contributed by atoms with E-state index in [1.54, 1.807) is 6.07 Å². The van der Waals surface area contributed by atoms with Crippen LogP contribution in [0.2, 0.25) is 0 Å². The van der Waals surface area contributed by atoms with E-state index < -0.39 is 0 Å². The molecule has 2 unspecified atom stereocenters. The number of para-hydroxylation sites is 1. The van der Waals surface area contributed by atoms with E-state index in [1.807, 2.05) is 36.9 Å². The van der Waals surface area contributed by atoms with Gasteiger partial charge in [0, 0.05) is 6.04 Å². The summed E-state index contributed by atoms with van der Waals surface area (Å²) in [6.45, 7) is 12.7. The SMILES string of the molecule is CC(C)=CC1C(C(=O)N(Cc2nc3ccccc3c(=O)[nH]2)C(C)C)C1(C)C. The molecule has 1 saturated carbocycles. The minimum absolute atomic E-state index is 0.0259. The van der Waals surface area contributed by atoms with Gasteiger partial charge in [0.1, 0.15) is 5.82 Å². The number of aromatic amines is 1. The molecule has 0 radical (unpaired) electrons. The maximum Gasteiger partial charge on any atom is 0.258 e. The number of nitrogens with zero attached hydrogens (tertiary/aromatic N) is 2. The van der Waals surface area contributed by atoms with E-state index in [-0.39, 0.29) is 34.8 Å². The molecule has 1 N–H and O–H groups in total. The fourth-order valence-corrected chi connectivity index (χ4v) is 3.88. The van der Waals surface area contributed by atoms with E-state index in [1.165, 1.54) is 5.57 Å². The van der Waals surface area contributed by atoms with Gasteiger partial charge in [-0.25, -0.2) is 4.98 Å². The molecule has 0 bridgehead atoms. The molecule has 0 saturated heterocycles. The molecule has 1 fully saturated rings. The molecule has 0 aliphatic heterocycles. The third-order valence-corrected chi connectivity index (χ3v) is 5.58. The monoisotopic (exact) mass is 367 g/mol. The molecule has 3 rings (SSSR count). The Hall–Kier alpha value is -2.43. The maximum absolute atomic E-state index is 13.3. The summed E-state index contributed by atoms with van der Waals surface area (Å²) >= 11 is 0. The Bertz CT molecular complexity index is 951. The Morgan fingerprint density at radius 1 is 1.30 bits per heavy atom. The van der Waals surface area contributed by atoms with Crippen LogP contribution < -0.4 is 5.56 Å². The van der Waals surface area contributed by atoms with Crippen molar-refractivity contribution >= 4 is 16.8 Å². The average Bonchev–Trinajstić information content (AvgIpc) is 3.11. The van der Waals surface area contributed by atoms with E-state index in [0.29, 0.717) is 23.3 Å². The van der Waals surface area contributed by atoms with Crippen LogP contribution in [0.3, 0.4) is 0 Å². The topological polar surface area (TPSA) is 66.1 Å². The van der Waals surface area contributed by atoms with Gasteiger partial charge in [-0.3, -0.25) is 9.59 Å². The van der Waals surface area contributed by atoms with Crippen molar-refractivity contribution in [2.24, 2.45) is 17.3 Å². The Kier molecular flexibility index (Phi) is 4.98. The molecule has 5 heteroatoms. The van der Waals surface area contributed by atoms with Gasteiger partial charge in [-0.2, -0.15) is 0 Å². The molecular weight excluding hydrogens is 338 g/mol. The van der Waals surface area contributed by atoms with E-state index in [2.05, 4.69) is 43.7 Å². The van der Waals surface area contributed by atoms with E-state index >= 15 is 0 Å². The first kappa shape index (κ1) is 19.3. The minimum atomic E-state index is -0.166. The molecule has 0 spiro atoms. The summed E-state index contributed by atoms with van der Waals surface area (Å²) in [5.41, 5.74) is 1.69. The Balaban J connectivity index is 1.88. The lowest BCUT2D eigenvalue weighted by Gasteiger charge is -2.27. The van der Waals surface area contributed by atoms with E-state index in [4.69, 9.17) is 0 Å². The molecule has 2 aromatic rings. The predicted molar refractivity (Wildman–Crippen MR) is 108 cm³/mol. The molecule has 1 amide bonds. The van der Waals surface area contributed by atoms with E-state index in [9.17, 15) is 9.59 Å². The largest absolute Gasteiger partial charge is 0.333 e. The van der Waals surface area contributed by atoms with Crippen LogP contribution in [0.5, 0.6) is 0 Å². The maximum atomic E-state index is 13.3. The van der Waals surface area contributed by atoms with Gasteiger partial charge in [0.2, 0.25) is 5.91 Å².